The lowest BCUT2D eigenvalue weighted by Crippen LogP contribution is -2.26. The first-order valence-electron chi connectivity index (χ1n) is 5.82. The number of anilines is 1. The standard InChI is InChI=1S/C12H16ClN3OS/c13-10-8-9(12(14)15-17)2-3-11(10)16-4-1-6-18-7-5-16/h2-3,8,17H,1,4-7H2,(H2,14,15). The largest absolute Gasteiger partial charge is 0.409 e. The number of rotatable bonds is 2. The number of benzene rings is 1. The zero-order valence-corrected chi connectivity index (χ0v) is 11.5. The van der Waals surface area contributed by atoms with Crippen molar-refractivity contribution in [2.45, 2.75) is 6.42 Å². The molecule has 4 nitrogen and oxygen atoms in total. The van der Waals surface area contributed by atoms with Gasteiger partial charge in [-0.3, -0.25) is 0 Å². The molecule has 1 aliphatic heterocycles. The number of oxime groups is 1. The van der Waals surface area contributed by atoms with Crippen LogP contribution in [-0.2, 0) is 0 Å². The van der Waals surface area contributed by atoms with E-state index in [1.54, 1.807) is 6.07 Å². The maximum atomic E-state index is 8.64. The molecule has 0 aromatic heterocycles. The van der Waals surface area contributed by atoms with Crippen molar-refractivity contribution in [3.63, 3.8) is 0 Å². The zero-order valence-electron chi connectivity index (χ0n) is 9.97. The quantitative estimate of drug-likeness (QED) is 0.379. The fourth-order valence-electron chi connectivity index (χ4n) is 1.97. The fraction of sp³-hybridized carbons (Fsp3) is 0.417. The molecule has 1 aromatic rings. The number of amidine groups is 1. The summed E-state index contributed by atoms with van der Waals surface area (Å²) in [5, 5.41) is 12.3. The molecule has 2 rings (SSSR count). The first-order chi connectivity index (χ1) is 8.72. The van der Waals surface area contributed by atoms with Crippen molar-refractivity contribution >= 4 is 34.9 Å². The van der Waals surface area contributed by atoms with Crippen LogP contribution in [-0.4, -0.2) is 35.6 Å². The van der Waals surface area contributed by atoms with Crippen molar-refractivity contribution in [1.29, 1.82) is 0 Å². The Balaban J connectivity index is 2.23. The van der Waals surface area contributed by atoms with E-state index in [9.17, 15) is 0 Å². The highest BCUT2D eigenvalue weighted by molar-refractivity contribution is 7.99. The molecule has 1 aromatic carbocycles. The highest BCUT2D eigenvalue weighted by Crippen LogP contribution is 2.28. The third-order valence-electron chi connectivity index (χ3n) is 2.91. The van der Waals surface area contributed by atoms with E-state index in [2.05, 4.69) is 10.1 Å². The average molecular weight is 286 g/mol. The van der Waals surface area contributed by atoms with E-state index < -0.39 is 0 Å². The number of thioether (sulfide) groups is 1. The molecule has 0 saturated carbocycles. The van der Waals surface area contributed by atoms with Crippen molar-refractivity contribution in [2.24, 2.45) is 10.9 Å². The molecule has 1 aliphatic rings. The minimum absolute atomic E-state index is 0.0786. The summed E-state index contributed by atoms with van der Waals surface area (Å²) in [6.07, 6.45) is 1.17. The van der Waals surface area contributed by atoms with Crippen molar-refractivity contribution < 1.29 is 5.21 Å². The summed E-state index contributed by atoms with van der Waals surface area (Å²) in [6.45, 7) is 2.03. The molecule has 0 spiro atoms. The number of halogens is 1. The third kappa shape index (κ3) is 3.03. The second kappa shape index (κ2) is 6.20. The predicted molar refractivity (Wildman–Crippen MR) is 78.1 cm³/mol. The van der Waals surface area contributed by atoms with Gasteiger partial charge >= 0.3 is 0 Å². The molecule has 18 heavy (non-hydrogen) atoms. The Hall–Kier alpha value is -1.07. The maximum absolute atomic E-state index is 8.64. The molecule has 0 amide bonds. The number of hydrogen-bond acceptors (Lipinski definition) is 4. The normalized spacial score (nSPS) is 17.6. The van der Waals surface area contributed by atoms with Crippen molar-refractivity contribution in [3.05, 3.63) is 28.8 Å². The van der Waals surface area contributed by atoms with Crippen molar-refractivity contribution in [2.75, 3.05) is 29.5 Å². The van der Waals surface area contributed by atoms with Gasteiger partial charge in [-0.1, -0.05) is 16.8 Å². The van der Waals surface area contributed by atoms with Crippen LogP contribution in [0, 0.1) is 0 Å². The van der Waals surface area contributed by atoms with Gasteiger partial charge in [-0.2, -0.15) is 11.8 Å². The van der Waals surface area contributed by atoms with Crippen LogP contribution in [0.4, 0.5) is 5.69 Å². The average Bonchev–Trinajstić information content (AvgIpc) is 2.66. The van der Waals surface area contributed by atoms with E-state index >= 15 is 0 Å². The van der Waals surface area contributed by atoms with Gasteiger partial charge in [0, 0.05) is 24.4 Å². The summed E-state index contributed by atoms with van der Waals surface area (Å²) >= 11 is 8.25. The Morgan fingerprint density at radius 1 is 1.39 bits per heavy atom. The molecular formula is C12H16ClN3OS. The molecule has 1 fully saturated rings. The molecule has 0 radical (unpaired) electrons. The third-order valence-corrected chi connectivity index (χ3v) is 4.27. The van der Waals surface area contributed by atoms with Gasteiger partial charge in [0.2, 0.25) is 0 Å². The summed E-state index contributed by atoms with van der Waals surface area (Å²) in [5.74, 6) is 2.41. The highest BCUT2D eigenvalue weighted by Gasteiger charge is 2.14. The minimum Gasteiger partial charge on any atom is -0.409 e. The Morgan fingerprint density at radius 2 is 2.22 bits per heavy atom. The van der Waals surface area contributed by atoms with E-state index in [4.69, 9.17) is 22.5 Å². The first kappa shape index (κ1) is 13.4. The van der Waals surface area contributed by atoms with Crippen LogP contribution in [0.25, 0.3) is 0 Å². The predicted octanol–water partition coefficient (Wildman–Crippen LogP) is 2.38. The Kier molecular flexibility index (Phi) is 4.60. The number of hydrogen-bond donors (Lipinski definition) is 2. The van der Waals surface area contributed by atoms with E-state index in [-0.39, 0.29) is 5.84 Å². The molecule has 0 atom stereocenters. The maximum Gasteiger partial charge on any atom is 0.170 e. The second-order valence-corrected chi connectivity index (χ2v) is 5.74. The summed E-state index contributed by atoms with van der Waals surface area (Å²) < 4.78 is 0. The highest BCUT2D eigenvalue weighted by atomic mass is 35.5. The summed E-state index contributed by atoms with van der Waals surface area (Å²) in [6, 6.07) is 5.50. The summed E-state index contributed by atoms with van der Waals surface area (Å²) in [4.78, 5) is 2.29. The fourth-order valence-corrected chi connectivity index (χ4v) is 3.15. The molecule has 6 heteroatoms. The monoisotopic (exact) mass is 285 g/mol. The van der Waals surface area contributed by atoms with E-state index in [0.29, 0.717) is 10.6 Å². The van der Waals surface area contributed by atoms with Crippen molar-refractivity contribution in [3.8, 4) is 0 Å². The summed E-state index contributed by atoms with van der Waals surface area (Å²) in [7, 11) is 0. The van der Waals surface area contributed by atoms with Gasteiger partial charge in [0.25, 0.3) is 0 Å². The molecule has 1 heterocycles. The molecular weight excluding hydrogens is 270 g/mol. The van der Waals surface area contributed by atoms with Gasteiger partial charge in [0.05, 0.1) is 10.7 Å². The molecule has 3 N–H and O–H groups in total. The van der Waals surface area contributed by atoms with Gasteiger partial charge in [-0.25, -0.2) is 0 Å². The van der Waals surface area contributed by atoms with Crippen LogP contribution in [0.1, 0.15) is 12.0 Å². The Labute approximate surface area is 116 Å². The number of nitrogens with zero attached hydrogens (tertiary/aromatic N) is 2. The Bertz CT molecular complexity index is 445. The summed E-state index contributed by atoms with van der Waals surface area (Å²) in [5.41, 5.74) is 7.20. The van der Waals surface area contributed by atoms with Crippen LogP contribution in [0.3, 0.4) is 0 Å². The molecule has 1 saturated heterocycles. The van der Waals surface area contributed by atoms with Gasteiger partial charge in [-0.15, -0.1) is 0 Å². The topological polar surface area (TPSA) is 61.9 Å². The van der Waals surface area contributed by atoms with Gasteiger partial charge in [0.1, 0.15) is 0 Å². The lowest BCUT2D eigenvalue weighted by atomic mass is 10.1. The van der Waals surface area contributed by atoms with Crippen LogP contribution >= 0.6 is 23.4 Å². The second-order valence-electron chi connectivity index (χ2n) is 4.10. The van der Waals surface area contributed by atoms with Gasteiger partial charge < -0.3 is 15.8 Å². The molecule has 0 bridgehead atoms. The van der Waals surface area contributed by atoms with E-state index in [1.807, 2.05) is 23.9 Å². The lowest BCUT2D eigenvalue weighted by Gasteiger charge is -2.23. The SMILES string of the molecule is NC(=NO)c1ccc(N2CCCSCC2)c(Cl)c1. The first-order valence-corrected chi connectivity index (χ1v) is 7.36. The molecule has 98 valence electrons. The smallest absolute Gasteiger partial charge is 0.170 e. The van der Waals surface area contributed by atoms with E-state index in [1.165, 1.54) is 12.2 Å². The van der Waals surface area contributed by atoms with Crippen LogP contribution in [0.2, 0.25) is 5.02 Å². The van der Waals surface area contributed by atoms with E-state index in [0.717, 1.165) is 24.5 Å². The number of nitrogens with two attached hydrogens (primary N) is 1. The minimum atomic E-state index is 0.0786. The van der Waals surface area contributed by atoms with Crippen LogP contribution < -0.4 is 10.6 Å². The lowest BCUT2D eigenvalue weighted by molar-refractivity contribution is 0.318. The van der Waals surface area contributed by atoms with Crippen LogP contribution in [0.15, 0.2) is 23.4 Å². The van der Waals surface area contributed by atoms with Crippen molar-refractivity contribution in [1.82, 2.24) is 0 Å². The van der Waals surface area contributed by atoms with Gasteiger partial charge in [-0.05, 0) is 30.4 Å². The Morgan fingerprint density at radius 3 is 2.94 bits per heavy atom. The zero-order chi connectivity index (χ0) is 13.0. The van der Waals surface area contributed by atoms with Crippen LogP contribution in [0.5, 0.6) is 0 Å². The molecule has 0 unspecified atom stereocenters. The molecule has 0 aliphatic carbocycles. The van der Waals surface area contributed by atoms with Gasteiger partial charge in [0.15, 0.2) is 5.84 Å².